The third-order valence-electron chi connectivity index (χ3n) is 2.55. The van der Waals surface area contributed by atoms with E-state index < -0.39 is 5.24 Å². The fourth-order valence-corrected chi connectivity index (χ4v) is 1.69. The predicted octanol–water partition coefficient (Wildman–Crippen LogP) is 2.90. The van der Waals surface area contributed by atoms with E-state index in [1.165, 1.54) is 0 Å². The fourth-order valence-electron chi connectivity index (χ4n) is 1.57. The van der Waals surface area contributed by atoms with Crippen molar-refractivity contribution in [3.05, 3.63) is 23.8 Å². The predicted molar refractivity (Wildman–Crippen MR) is 80.6 cm³/mol. The number of ether oxygens (including phenoxy) is 4. The van der Waals surface area contributed by atoms with E-state index in [2.05, 4.69) is 0 Å². The highest BCUT2D eigenvalue weighted by Crippen LogP contribution is 2.29. The van der Waals surface area contributed by atoms with Crippen LogP contribution in [0.25, 0.3) is 0 Å². The summed E-state index contributed by atoms with van der Waals surface area (Å²) in [5, 5.41) is -0.537. The first-order valence-electron chi connectivity index (χ1n) is 6.94. The molecule has 0 aromatic heterocycles. The molecule has 0 N–H and O–H groups in total. The minimum absolute atomic E-state index is 0.361. The van der Waals surface area contributed by atoms with Crippen LogP contribution in [0.2, 0.25) is 0 Å². The molecule has 0 saturated heterocycles. The van der Waals surface area contributed by atoms with Crippen molar-refractivity contribution in [1.29, 1.82) is 0 Å². The summed E-state index contributed by atoms with van der Waals surface area (Å²) in [7, 11) is 0. The number of rotatable bonds is 11. The highest BCUT2D eigenvalue weighted by molar-refractivity contribution is 6.67. The molecule has 0 unspecified atom stereocenters. The van der Waals surface area contributed by atoms with Crippen molar-refractivity contribution >= 4 is 16.8 Å². The van der Waals surface area contributed by atoms with E-state index in [0.29, 0.717) is 56.7 Å². The Bertz CT molecular complexity index is 436. The number of halogens is 1. The van der Waals surface area contributed by atoms with Gasteiger partial charge >= 0.3 is 0 Å². The molecule has 0 aliphatic rings. The standard InChI is InChI=1S/C15H21ClO5/c1-3-18-7-9-20-13-6-5-12(15(16)17)11-14(13)21-10-8-19-4-2/h5-6,11H,3-4,7-10H2,1-2H3. The van der Waals surface area contributed by atoms with Crippen LogP contribution in [0.3, 0.4) is 0 Å². The van der Waals surface area contributed by atoms with E-state index in [1.54, 1.807) is 18.2 Å². The van der Waals surface area contributed by atoms with E-state index in [4.69, 9.17) is 30.5 Å². The number of hydrogen-bond acceptors (Lipinski definition) is 5. The van der Waals surface area contributed by atoms with E-state index in [-0.39, 0.29) is 0 Å². The summed E-state index contributed by atoms with van der Waals surface area (Å²) in [6.07, 6.45) is 0. The smallest absolute Gasteiger partial charge is 0.252 e. The second-order valence-electron chi connectivity index (χ2n) is 4.03. The van der Waals surface area contributed by atoms with Gasteiger partial charge < -0.3 is 18.9 Å². The van der Waals surface area contributed by atoms with Crippen molar-refractivity contribution in [3.63, 3.8) is 0 Å². The largest absolute Gasteiger partial charge is 0.487 e. The number of carbonyl (C=O) groups excluding carboxylic acids is 1. The van der Waals surface area contributed by atoms with Crippen molar-refractivity contribution in [2.45, 2.75) is 13.8 Å². The molecule has 0 amide bonds. The first kappa shape index (κ1) is 17.8. The van der Waals surface area contributed by atoms with Gasteiger partial charge in [-0.05, 0) is 43.6 Å². The second-order valence-corrected chi connectivity index (χ2v) is 4.37. The third kappa shape index (κ3) is 6.80. The monoisotopic (exact) mass is 316 g/mol. The summed E-state index contributed by atoms with van der Waals surface area (Å²) in [5.41, 5.74) is 0.361. The molecule has 1 rings (SSSR count). The van der Waals surface area contributed by atoms with Gasteiger partial charge in [-0.3, -0.25) is 4.79 Å². The molecule has 5 nitrogen and oxygen atoms in total. The zero-order chi connectivity index (χ0) is 15.5. The molecule has 21 heavy (non-hydrogen) atoms. The van der Waals surface area contributed by atoms with Crippen LogP contribution in [0.15, 0.2) is 18.2 Å². The molecular formula is C15H21ClO5. The van der Waals surface area contributed by atoms with Gasteiger partial charge in [-0.2, -0.15) is 0 Å². The lowest BCUT2D eigenvalue weighted by molar-refractivity contribution is 0.0996. The number of hydrogen-bond donors (Lipinski definition) is 0. The Labute approximate surface area is 130 Å². The highest BCUT2D eigenvalue weighted by Gasteiger charge is 2.10. The van der Waals surface area contributed by atoms with Gasteiger partial charge in [-0.15, -0.1) is 0 Å². The van der Waals surface area contributed by atoms with Crippen molar-refractivity contribution in [2.24, 2.45) is 0 Å². The van der Waals surface area contributed by atoms with Crippen LogP contribution in [-0.2, 0) is 9.47 Å². The van der Waals surface area contributed by atoms with E-state index in [0.717, 1.165) is 0 Å². The minimum Gasteiger partial charge on any atom is -0.487 e. The quantitative estimate of drug-likeness (QED) is 0.464. The van der Waals surface area contributed by atoms with Crippen molar-refractivity contribution in [3.8, 4) is 11.5 Å². The molecule has 0 spiro atoms. The van der Waals surface area contributed by atoms with E-state index >= 15 is 0 Å². The minimum atomic E-state index is -0.537. The second kappa shape index (κ2) is 10.4. The Morgan fingerprint density at radius 2 is 1.52 bits per heavy atom. The molecule has 0 atom stereocenters. The first-order chi connectivity index (χ1) is 10.2. The maximum absolute atomic E-state index is 11.2. The Balaban J connectivity index is 2.67. The van der Waals surface area contributed by atoms with Crippen LogP contribution < -0.4 is 9.47 Å². The van der Waals surface area contributed by atoms with E-state index in [9.17, 15) is 4.79 Å². The Hall–Kier alpha value is -1.30. The third-order valence-corrected chi connectivity index (χ3v) is 2.77. The van der Waals surface area contributed by atoms with Crippen LogP contribution in [0.4, 0.5) is 0 Å². The zero-order valence-electron chi connectivity index (χ0n) is 12.4. The molecule has 118 valence electrons. The SMILES string of the molecule is CCOCCOc1ccc(C(=O)Cl)cc1OCCOCC. The van der Waals surface area contributed by atoms with Crippen LogP contribution in [0.5, 0.6) is 11.5 Å². The average molecular weight is 317 g/mol. The summed E-state index contributed by atoms with van der Waals surface area (Å²) >= 11 is 5.48. The molecule has 1 aromatic carbocycles. The van der Waals surface area contributed by atoms with Crippen molar-refractivity contribution < 1.29 is 23.7 Å². The van der Waals surface area contributed by atoms with Crippen molar-refractivity contribution in [2.75, 3.05) is 39.6 Å². The summed E-state index contributed by atoms with van der Waals surface area (Å²) < 4.78 is 21.6. The molecule has 0 bridgehead atoms. The summed E-state index contributed by atoms with van der Waals surface area (Å²) in [6, 6.07) is 4.83. The van der Waals surface area contributed by atoms with Gasteiger partial charge in [-0.25, -0.2) is 0 Å². The molecule has 0 heterocycles. The fraction of sp³-hybridized carbons (Fsp3) is 0.533. The van der Waals surface area contributed by atoms with Gasteiger partial charge in [-0.1, -0.05) is 0 Å². The summed E-state index contributed by atoms with van der Waals surface area (Å²) in [4.78, 5) is 11.2. The number of carbonyl (C=O) groups is 1. The molecule has 6 heteroatoms. The molecule has 0 saturated carbocycles. The van der Waals surface area contributed by atoms with Gasteiger partial charge in [0.1, 0.15) is 13.2 Å². The first-order valence-corrected chi connectivity index (χ1v) is 7.31. The Morgan fingerprint density at radius 1 is 0.952 bits per heavy atom. The van der Waals surface area contributed by atoms with Crippen LogP contribution >= 0.6 is 11.6 Å². The molecule has 1 aromatic rings. The molecule has 0 aliphatic carbocycles. The maximum atomic E-state index is 11.2. The van der Waals surface area contributed by atoms with Gasteiger partial charge in [0.15, 0.2) is 11.5 Å². The Morgan fingerprint density at radius 3 is 2.05 bits per heavy atom. The van der Waals surface area contributed by atoms with Crippen LogP contribution in [-0.4, -0.2) is 44.9 Å². The van der Waals surface area contributed by atoms with Crippen LogP contribution in [0.1, 0.15) is 24.2 Å². The maximum Gasteiger partial charge on any atom is 0.252 e. The van der Waals surface area contributed by atoms with Gasteiger partial charge in [0.2, 0.25) is 0 Å². The topological polar surface area (TPSA) is 54.0 Å². The van der Waals surface area contributed by atoms with Crippen molar-refractivity contribution in [1.82, 2.24) is 0 Å². The summed E-state index contributed by atoms with van der Waals surface area (Å²) in [6.45, 7) is 6.83. The normalized spacial score (nSPS) is 10.4. The highest BCUT2D eigenvalue weighted by atomic mass is 35.5. The molecular weight excluding hydrogens is 296 g/mol. The van der Waals surface area contributed by atoms with E-state index in [1.807, 2.05) is 13.8 Å². The molecule has 0 aliphatic heterocycles. The van der Waals surface area contributed by atoms with Gasteiger partial charge in [0, 0.05) is 18.8 Å². The lowest BCUT2D eigenvalue weighted by atomic mass is 10.2. The zero-order valence-corrected chi connectivity index (χ0v) is 13.1. The average Bonchev–Trinajstić information content (AvgIpc) is 2.48. The van der Waals surface area contributed by atoms with Gasteiger partial charge in [0.25, 0.3) is 5.24 Å². The van der Waals surface area contributed by atoms with Gasteiger partial charge in [0.05, 0.1) is 13.2 Å². The lowest BCUT2D eigenvalue weighted by Crippen LogP contribution is -2.10. The summed E-state index contributed by atoms with van der Waals surface area (Å²) in [5.74, 6) is 1.02. The molecule has 0 radical (unpaired) electrons. The lowest BCUT2D eigenvalue weighted by Gasteiger charge is -2.13. The Kier molecular flexibility index (Phi) is 8.82. The number of benzene rings is 1. The molecule has 0 fully saturated rings. The van der Waals surface area contributed by atoms with Crippen LogP contribution in [0, 0.1) is 0 Å².